The van der Waals surface area contributed by atoms with Crippen molar-refractivity contribution in [1.29, 1.82) is 0 Å². The molecule has 26 heavy (non-hydrogen) atoms. The van der Waals surface area contributed by atoms with Gasteiger partial charge in [0.1, 0.15) is 11.5 Å². The summed E-state index contributed by atoms with van der Waals surface area (Å²) in [5.74, 6) is 0.515. The molecule has 1 aromatic carbocycles. The van der Waals surface area contributed by atoms with Crippen molar-refractivity contribution in [3.63, 3.8) is 0 Å². The molecular formula is C20H25NO4S. The largest absolute Gasteiger partial charge is 0.468 e. The highest BCUT2D eigenvalue weighted by molar-refractivity contribution is 7.91. The minimum Gasteiger partial charge on any atom is -0.468 e. The van der Waals surface area contributed by atoms with Crippen molar-refractivity contribution in [2.24, 2.45) is 0 Å². The van der Waals surface area contributed by atoms with Crippen LogP contribution in [-0.2, 0) is 26.8 Å². The molecule has 1 aliphatic rings. The minimum absolute atomic E-state index is 0.0635. The number of aryl methyl sites for hydroxylation is 2. The third-order valence-electron chi connectivity index (χ3n) is 4.94. The smallest absolute Gasteiger partial charge is 0.222 e. The molecule has 1 amide bonds. The second kappa shape index (κ2) is 8.08. The zero-order valence-electron chi connectivity index (χ0n) is 15.1. The summed E-state index contributed by atoms with van der Waals surface area (Å²) >= 11 is 0. The molecule has 0 atom stereocenters. The number of carbonyl (C=O) groups is 1. The van der Waals surface area contributed by atoms with Gasteiger partial charge in [0, 0.05) is 19.5 Å². The lowest BCUT2D eigenvalue weighted by atomic mass is 10.1. The summed E-state index contributed by atoms with van der Waals surface area (Å²) in [7, 11) is -3.25. The van der Waals surface area contributed by atoms with Crippen LogP contribution in [0.4, 0.5) is 0 Å². The topological polar surface area (TPSA) is 67.6 Å². The third-order valence-corrected chi connectivity index (χ3v) is 7.11. The van der Waals surface area contributed by atoms with E-state index in [1.807, 2.05) is 25.1 Å². The Balaban J connectivity index is 1.49. The fraction of sp³-hybridized carbons (Fsp3) is 0.450. The van der Waals surface area contributed by atoms with Gasteiger partial charge in [0.25, 0.3) is 0 Å². The van der Waals surface area contributed by atoms with E-state index in [1.165, 1.54) is 11.8 Å². The minimum atomic E-state index is -3.25. The molecule has 5 nitrogen and oxygen atoms in total. The van der Waals surface area contributed by atoms with Gasteiger partial charge in [-0.3, -0.25) is 4.79 Å². The maximum atomic E-state index is 12.5. The molecule has 0 saturated carbocycles. The Morgan fingerprint density at radius 2 is 1.96 bits per heavy atom. The number of carbonyl (C=O) groups excluding carboxylic acids is 1. The predicted octanol–water partition coefficient (Wildman–Crippen LogP) is 3.13. The molecule has 0 bridgehead atoms. The van der Waals surface area contributed by atoms with E-state index in [0.29, 0.717) is 38.1 Å². The van der Waals surface area contributed by atoms with E-state index in [4.69, 9.17) is 4.42 Å². The van der Waals surface area contributed by atoms with Gasteiger partial charge < -0.3 is 9.32 Å². The highest BCUT2D eigenvalue weighted by Gasteiger charge is 2.32. The van der Waals surface area contributed by atoms with Crippen LogP contribution in [0.3, 0.4) is 0 Å². The summed E-state index contributed by atoms with van der Waals surface area (Å²) in [5.41, 5.74) is 2.35. The number of rotatable bonds is 6. The van der Waals surface area contributed by atoms with E-state index in [1.54, 1.807) is 17.0 Å². The molecule has 2 heterocycles. The third kappa shape index (κ3) is 4.75. The number of hydrogen-bond acceptors (Lipinski definition) is 4. The Kier molecular flexibility index (Phi) is 5.81. The average Bonchev–Trinajstić information content (AvgIpc) is 3.12. The van der Waals surface area contributed by atoms with Crippen molar-refractivity contribution in [1.82, 2.24) is 4.90 Å². The van der Waals surface area contributed by atoms with Gasteiger partial charge in [0.05, 0.1) is 11.5 Å². The lowest BCUT2D eigenvalue weighted by molar-refractivity contribution is -0.132. The molecule has 1 aliphatic heterocycles. The predicted molar refractivity (Wildman–Crippen MR) is 100 cm³/mol. The summed E-state index contributed by atoms with van der Waals surface area (Å²) in [6.07, 6.45) is 3.67. The van der Waals surface area contributed by atoms with Crippen LogP contribution < -0.4 is 0 Å². The Hall–Kier alpha value is -2.08. The normalized spacial score (nSPS) is 16.0. The van der Waals surface area contributed by atoms with Gasteiger partial charge in [-0.15, -0.1) is 0 Å². The Morgan fingerprint density at radius 1 is 1.19 bits per heavy atom. The van der Waals surface area contributed by atoms with Crippen molar-refractivity contribution < 1.29 is 17.6 Å². The number of furan rings is 1. The molecule has 140 valence electrons. The zero-order valence-corrected chi connectivity index (χ0v) is 15.9. The van der Waals surface area contributed by atoms with Gasteiger partial charge in [-0.05, 0) is 43.9 Å². The quantitative estimate of drug-likeness (QED) is 0.778. The summed E-state index contributed by atoms with van der Waals surface area (Å²) in [5, 5.41) is -0.395. The van der Waals surface area contributed by atoms with Gasteiger partial charge in [0.15, 0.2) is 9.84 Å². The number of amides is 1. The van der Waals surface area contributed by atoms with Crippen molar-refractivity contribution in [3.05, 3.63) is 59.5 Å². The maximum Gasteiger partial charge on any atom is 0.222 e. The second-order valence-corrected chi connectivity index (χ2v) is 9.24. The molecule has 1 saturated heterocycles. The van der Waals surface area contributed by atoms with E-state index < -0.39 is 15.1 Å². The Labute approximate surface area is 154 Å². The number of hydrogen-bond donors (Lipinski definition) is 0. The van der Waals surface area contributed by atoms with Crippen LogP contribution in [0, 0.1) is 6.92 Å². The molecule has 6 heteroatoms. The Bertz CT molecular complexity index is 834. The highest BCUT2D eigenvalue weighted by Crippen LogP contribution is 2.22. The number of sulfone groups is 1. The van der Waals surface area contributed by atoms with Crippen LogP contribution >= 0.6 is 0 Å². The van der Waals surface area contributed by atoms with Crippen LogP contribution in [0.1, 0.15) is 36.1 Å². The monoisotopic (exact) mass is 375 g/mol. The summed E-state index contributed by atoms with van der Waals surface area (Å²) in [6.45, 7) is 3.06. The molecule has 3 rings (SSSR count). The van der Waals surface area contributed by atoms with Crippen molar-refractivity contribution >= 4 is 15.7 Å². The SMILES string of the molecule is Cc1cccc(CCC(=O)N2CCC(S(=O)(=O)Cc3ccco3)CC2)c1. The first-order valence-electron chi connectivity index (χ1n) is 9.01. The van der Waals surface area contributed by atoms with E-state index in [0.717, 1.165) is 12.0 Å². The molecule has 1 fully saturated rings. The number of nitrogens with zero attached hydrogens (tertiary/aromatic N) is 1. The molecule has 0 unspecified atom stereocenters. The molecule has 0 radical (unpaired) electrons. The standard InChI is InChI=1S/C20H25NO4S/c1-16-4-2-5-17(14-16)7-8-20(22)21-11-9-19(10-12-21)26(23,24)15-18-6-3-13-25-18/h2-6,13-14,19H,7-12,15H2,1H3. The maximum absolute atomic E-state index is 12.5. The van der Waals surface area contributed by atoms with Gasteiger partial charge in [-0.1, -0.05) is 29.8 Å². The molecule has 0 N–H and O–H groups in total. The van der Waals surface area contributed by atoms with Gasteiger partial charge in [0.2, 0.25) is 5.91 Å². The van der Waals surface area contributed by atoms with Crippen molar-refractivity contribution in [3.8, 4) is 0 Å². The first-order valence-corrected chi connectivity index (χ1v) is 10.7. The fourth-order valence-electron chi connectivity index (χ4n) is 3.45. The first-order chi connectivity index (χ1) is 12.4. The van der Waals surface area contributed by atoms with Gasteiger partial charge >= 0.3 is 0 Å². The molecule has 0 aliphatic carbocycles. The number of piperidine rings is 1. The molecule has 2 aromatic rings. The first kappa shape index (κ1) is 18.7. The van der Waals surface area contributed by atoms with E-state index in [-0.39, 0.29) is 11.7 Å². The van der Waals surface area contributed by atoms with Gasteiger partial charge in [-0.2, -0.15) is 0 Å². The van der Waals surface area contributed by atoms with E-state index in [2.05, 4.69) is 6.07 Å². The summed E-state index contributed by atoms with van der Waals surface area (Å²) in [6, 6.07) is 11.6. The molecule has 1 aromatic heterocycles. The van der Waals surface area contributed by atoms with Crippen LogP contribution in [0.25, 0.3) is 0 Å². The summed E-state index contributed by atoms with van der Waals surface area (Å²) in [4.78, 5) is 14.2. The van der Waals surface area contributed by atoms with Crippen LogP contribution in [0.15, 0.2) is 47.1 Å². The lowest BCUT2D eigenvalue weighted by Gasteiger charge is -2.31. The zero-order chi connectivity index (χ0) is 18.6. The molecule has 0 spiro atoms. The van der Waals surface area contributed by atoms with Crippen molar-refractivity contribution in [2.75, 3.05) is 13.1 Å². The fourth-order valence-corrected chi connectivity index (χ4v) is 5.18. The number of benzene rings is 1. The van der Waals surface area contributed by atoms with E-state index in [9.17, 15) is 13.2 Å². The van der Waals surface area contributed by atoms with Crippen LogP contribution in [0.5, 0.6) is 0 Å². The van der Waals surface area contributed by atoms with Crippen LogP contribution in [0.2, 0.25) is 0 Å². The van der Waals surface area contributed by atoms with Crippen molar-refractivity contribution in [2.45, 2.75) is 43.6 Å². The van der Waals surface area contributed by atoms with Crippen LogP contribution in [-0.4, -0.2) is 37.6 Å². The van der Waals surface area contributed by atoms with E-state index >= 15 is 0 Å². The second-order valence-electron chi connectivity index (χ2n) is 6.96. The summed E-state index contributed by atoms with van der Waals surface area (Å²) < 4.78 is 30.2. The highest BCUT2D eigenvalue weighted by atomic mass is 32.2. The lowest BCUT2D eigenvalue weighted by Crippen LogP contribution is -2.42. The van der Waals surface area contributed by atoms with Gasteiger partial charge in [-0.25, -0.2) is 8.42 Å². The Morgan fingerprint density at radius 3 is 2.62 bits per heavy atom. The average molecular weight is 375 g/mol. The number of likely N-dealkylation sites (tertiary alicyclic amines) is 1. The molecular weight excluding hydrogens is 350 g/mol.